The van der Waals surface area contributed by atoms with Crippen molar-refractivity contribution in [2.24, 2.45) is 0 Å². The van der Waals surface area contributed by atoms with Gasteiger partial charge < -0.3 is 0 Å². The summed E-state index contributed by atoms with van der Waals surface area (Å²) in [5, 5.41) is 0. The van der Waals surface area contributed by atoms with Gasteiger partial charge in [0.05, 0.1) is 0 Å². The molecular weight excluding hydrogens is 355 g/mol. The Hall–Kier alpha value is 0.576. The zero-order chi connectivity index (χ0) is 14.8. The van der Waals surface area contributed by atoms with Gasteiger partial charge in [-0.2, -0.15) is 0 Å². The summed E-state index contributed by atoms with van der Waals surface area (Å²) in [5.74, 6) is 0. The second kappa shape index (κ2) is 10.3. The molecule has 3 heteroatoms. The van der Waals surface area contributed by atoms with Gasteiger partial charge in [0, 0.05) is 0 Å². The first-order valence-electron chi connectivity index (χ1n) is 7.45. The molecule has 116 valence electrons. The normalized spacial score (nSPS) is 19.9. The number of rotatable bonds is 4. The second-order valence-corrected chi connectivity index (χ2v) is 22.4. The molecule has 0 unspecified atom stereocenters. The van der Waals surface area contributed by atoms with Crippen LogP contribution in [0.4, 0.5) is 0 Å². The van der Waals surface area contributed by atoms with Gasteiger partial charge in [-0.05, 0) is 25.7 Å². The molecule has 1 aliphatic rings. The van der Waals surface area contributed by atoms with Crippen LogP contribution in [-0.2, 0) is 18.0 Å². The monoisotopic (exact) mass is 388 g/mol. The summed E-state index contributed by atoms with van der Waals surface area (Å²) in [6, 6.07) is 0. The predicted molar refractivity (Wildman–Crippen MR) is 93.1 cm³/mol. The fourth-order valence-corrected chi connectivity index (χ4v) is 11.4. The first kappa shape index (κ1) is 19.6. The van der Waals surface area contributed by atoms with Crippen molar-refractivity contribution in [2.45, 2.75) is 74.0 Å². The topological polar surface area (TPSA) is 0 Å². The van der Waals surface area contributed by atoms with E-state index < -0.39 is 16.1 Å². The predicted octanol–water partition coefficient (Wildman–Crippen LogP) is 6.33. The fraction of sp³-hybridized carbons (Fsp3) is 0.750. The molecule has 0 aliphatic heterocycles. The summed E-state index contributed by atoms with van der Waals surface area (Å²) in [6.07, 6.45) is 14.0. The van der Waals surface area contributed by atoms with Crippen LogP contribution in [0.2, 0.25) is 48.3 Å². The number of allylic oxidation sites excluding steroid dienone is 4. The standard InChI is InChI=1S/C8H12.2C4H11Si.Pd/c1-2-4-6-8-7-5-3-1;2*1-5(2,3)4;/h1-2,7-8H,3-6H2;2*1H2,2-4H3;/b2-1-,8-7-;;;. The van der Waals surface area contributed by atoms with Crippen LogP contribution < -0.4 is 0 Å². The SMILES string of the molecule is C1=C\CC/C=C\CC/1.C[Si](C)(C)[CH2][Pd][CH2][Si](C)(C)C. The Morgan fingerprint density at radius 2 is 0.895 bits per heavy atom. The van der Waals surface area contributed by atoms with Gasteiger partial charge >= 0.3 is 82.4 Å². The second-order valence-electron chi connectivity index (χ2n) is 7.60. The van der Waals surface area contributed by atoms with Crippen LogP contribution in [-0.4, -0.2) is 16.1 Å². The minimum atomic E-state index is -0.713. The molecule has 0 bridgehead atoms. The number of hydrogen-bond donors (Lipinski definition) is 0. The van der Waals surface area contributed by atoms with Crippen molar-refractivity contribution in [2.75, 3.05) is 0 Å². The van der Waals surface area contributed by atoms with Crippen molar-refractivity contribution in [1.29, 1.82) is 0 Å². The Kier molecular flexibility index (Phi) is 10.6. The van der Waals surface area contributed by atoms with Gasteiger partial charge in [-0.1, -0.05) is 24.3 Å². The van der Waals surface area contributed by atoms with Crippen LogP contribution in [0.1, 0.15) is 25.7 Å². The van der Waals surface area contributed by atoms with Crippen molar-refractivity contribution in [3.8, 4) is 0 Å². The molecule has 1 rings (SSSR count). The molecule has 0 nitrogen and oxygen atoms in total. The third kappa shape index (κ3) is 18.6. The molecule has 0 aromatic rings. The van der Waals surface area contributed by atoms with E-state index in [1.807, 2.05) is 0 Å². The Morgan fingerprint density at radius 1 is 0.632 bits per heavy atom. The van der Waals surface area contributed by atoms with E-state index in [1.165, 1.54) is 25.7 Å². The summed E-state index contributed by atoms with van der Waals surface area (Å²) in [5.41, 5.74) is 0. The van der Waals surface area contributed by atoms with Crippen molar-refractivity contribution < 1.29 is 18.0 Å². The quantitative estimate of drug-likeness (QED) is 0.389. The van der Waals surface area contributed by atoms with Gasteiger partial charge in [0.25, 0.3) is 0 Å². The average molecular weight is 389 g/mol. The Morgan fingerprint density at radius 3 is 1.11 bits per heavy atom. The molecular formula is C16H34PdSi2. The fourth-order valence-electron chi connectivity index (χ4n) is 1.37. The van der Waals surface area contributed by atoms with Crippen molar-refractivity contribution >= 4 is 16.1 Å². The summed E-state index contributed by atoms with van der Waals surface area (Å²) in [4.78, 5) is 0. The summed E-state index contributed by atoms with van der Waals surface area (Å²) in [7, 11) is -1.43. The molecule has 1 aliphatic carbocycles. The van der Waals surface area contributed by atoms with Gasteiger partial charge in [-0.15, -0.1) is 0 Å². The third-order valence-corrected chi connectivity index (χ3v) is 16.0. The zero-order valence-electron chi connectivity index (χ0n) is 13.9. The molecule has 0 aromatic carbocycles. The third-order valence-electron chi connectivity index (χ3n) is 2.16. The number of hydrogen-bond acceptors (Lipinski definition) is 0. The van der Waals surface area contributed by atoms with E-state index in [-0.39, 0.29) is 0 Å². The molecule has 19 heavy (non-hydrogen) atoms. The van der Waals surface area contributed by atoms with E-state index in [0.717, 1.165) is 18.0 Å². The summed E-state index contributed by atoms with van der Waals surface area (Å²) < 4.78 is 3.15. The maximum absolute atomic E-state index is 2.48. The molecule has 0 radical (unpaired) electrons. The Labute approximate surface area is 132 Å². The molecule has 0 atom stereocenters. The molecule has 0 aromatic heterocycles. The van der Waals surface area contributed by atoms with Crippen LogP contribution in [0.25, 0.3) is 0 Å². The molecule has 0 fully saturated rings. The first-order chi connectivity index (χ1) is 8.71. The van der Waals surface area contributed by atoms with Crippen molar-refractivity contribution in [3.63, 3.8) is 0 Å². The van der Waals surface area contributed by atoms with Crippen molar-refractivity contribution in [1.82, 2.24) is 0 Å². The Balaban J connectivity index is 0.000000356. The van der Waals surface area contributed by atoms with E-state index >= 15 is 0 Å². The van der Waals surface area contributed by atoms with Gasteiger partial charge in [0.2, 0.25) is 0 Å². The molecule has 0 spiro atoms. The van der Waals surface area contributed by atoms with Gasteiger partial charge in [-0.25, -0.2) is 0 Å². The molecule has 0 N–H and O–H groups in total. The average Bonchev–Trinajstić information content (AvgIpc) is 2.12. The van der Waals surface area contributed by atoms with Crippen molar-refractivity contribution in [3.05, 3.63) is 24.3 Å². The van der Waals surface area contributed by atoms with E-state index in [1.54, 1.807) is 9.03 Å². The molecule has 0 heterocycles. The molecule has 0 saturated carbocycles. The maximum atomic E-state index is 2.48. The summed E-state index contributed by atoms with van der Waals surface area (Å²) >= 11 is 1.07. The Bertz CT molecular complexity index is 229. The van der Waals surface area contributed by atoms with Crippen LogP contribution in [0, 0.1) is 0 Å². The van der Waals surface area contributed by atoms with Crippen LogP contribution >= 0.6 is 0 Å². The van der Waals surface area contributed by atoms with Crippen LogP contribution in [0.5, 0.6) is 0 Å². The van der Waals surface area contributed by atoms with Gasteiger partial charge in [-0.3, -0.25) is 0 Å². The van der Waals surface area contributed by atoms with E-state index in [0.29, 0.717) is 0 Å². The molecule has 0 amide bonds. The van der Waals surface area contributed by atoms with E-state index in [4.69, 9.17) is 0 Å². The zero-order valence-corrected chi connectivity index (χ0v) is 17.4. The van der Waals surface area contributed by atoms with E-state index in [9.17, 15) is 0 Å². The first-order valence-corrected chi connectivity index (χ1v) is 17.1. The minimum absolute atomic E-state index is 0.713. The van der Waals surface area contributed by atoms with Gasteiger partial charge in [0.1, 0.15) is 0 Å². The molecule has 0 saturated heterocycles. The van der Waals surface area contributed by atoms with E-state index in [2.05, 4.69) is 63.6 Å². The van der Waals surface area contributed by atoms with Gasteiger partial charge in [0.15, 0.2) is 0 Å². The summed E-state index contributed by atoms with van der Waals surface area (Å²) in [6.45, 7) is 14.9. The van der Waals surface area contributed by atoms with Crippen LogP contribution in [0.15, 0.2) is 24.3 Å². The van der Waals surface area contributed by atoms with Crippen LogP contribution in [0.3, 0.4) is 0 Å².